The second kappa shape index (κ2) is 8.37. The predicted octanol–water partition coefficient (Wildman–Crippen LogP) is 5.48. The average molecular weight is 432 g/mol. The lowest BCUT2D eigenvalue weighted by Gasteiger charge is -2.07. The molecule has 0 bridgehead atoms. The molecule has 0 fully saturated rings. The van der Waals surface area contributed by atoms with Gasteiger partial charge in [0.15, 0.2) is 5.82 Å². The van der Waals surface area contributed by atoms with Crippen LogP contribution in [0.2, 0.25) is 5.02 Å². The van der Waals surface area contributed by atoms with E-state index in [-0.39, 0.29) is 0 Å². The van der Waals surface area contributed by atoms with E-state index in [1.165, 1.54) is 0 Å². The lowest BCUT2D eigenvalue weighted by atomic mass is 10.2. The van der Waals surface area contributed by atoms with Crippen LogP contribution < -0.4 is 15.4 Å². The van der Waals surface area contributed by atoms with Crippen molar-refractivity contribution in [2.75, 3.05) is 10.6 Å². The highest BCUT2D eigenvalue weighted by Crippen LogP contribution is 2.23. The van der Waals surface area contributed by atoms with Gasteiger partial charge in [0.2, 0.25) is 11.8 Å². The van der Waals surface area contributed by atoms with Crippen LogP contribution in [-0.2, 0) is 6.54 Å². The fraction of sp³-hybridized carbons (Fsp3) is 0.0455. The molecule has 0 saturated heterocycles. The second-order valence-electron chi connectivity index (χ2n) is 6.82. The molecular formula is C22H18ClN7O. The van der Waals surface area contributed by atoms with Gasteiger partial charge in [-0.25, -0.2) is 9.97 Å². The highest BCUT2D eigenvalue weighted by molar-refractivity contribution is 6.30. The maximum absolute atomic E-state index is 5.84. The van der Waals surface area contributed by atoms with Crippen molar-refractivity contribution < 1.29 is 4.74 Å². The molecule has 4 N–H and O–H groups in total. The van der Waals surface area contributed by atoms with Crippen LogP contribution in [0.5, 0.6) is 11.6 Å². The van der Waals surface area contributed by atoms with E-state index in [0.717, 1.165) is 28.1 Å². The summed E-state index contributed by atoms with van der Waals surface area (Å²) in [6.07, 6.45) is 3.32. The number of aromatic amines is 2. The molecule has 3 heterocycles. The number of nitrogens with one attached hydrogen (secondary N) is 4. The number of hydrogen-bond donors (Lipinski definition) is 4. The molecule has 154 valence electrons. The SMILES string of the molecule is Clc1ccc(Oc2ccc(CNc3nc4ccc(Nc5cc[nH]n5)cc4[nH]3)cc2)nc1. The van der Waals surface area contributed by atoms with E-state index in [1.54, 1.807) is 24.5 Å². The maximum atomic E-state index is 5.84. The van der Waals surface area contributed by atoms with Crippen LogP contribution in [0.1, 0.15) is 5.56 Å². The normalized spacial score (nSPS) is 10.9. The van der Waals surface area contributed by atoms with Crippen molar-refractivity contribution in [1.29, 1.82) is 0 Å². The van der Waals surface area contributed by atoms with E-state index in [1.807, 2.05) is 48.5 Å². The van der Waals surface area contributed by atoms with Gasteiger partial charge in [-0.3, -0.25) is 5.10 Å². The predicted molar refractivity (Wildman–Crippen MR) is 121 cm³/mol. The van der Waals surface area contributed by atoms with Crippen LogP contribution in [0.15, 0.2) is 73.1 Å². The first kappa shape index (κ1) is 19.0. The van der Waals surface area contributed by atoms with E-state index in [0.29, 0.717) is 29.1 Å². The molecule has 31 heavy (non-hydrogen) atoms. The highest BCUT2D eigenvalue weighted by Gasteiger charge is 2.05. The molecule has 5 aromatic rings. The minimum atomic E-state index is 0.499. The maximum Gasteiger partial charge on any atom is 0.219 e. The van der Waals surface area contributed by atoms with Crippen LogP contribution in [0.3, 0.4) is 0 Å². The summed E-state index contributed by atoms with van der Waals surface area (Å²) in [6.45, 7) is 0.623. The van der Waals surface area contributed by atoms with Crippen molar-refractivity contribution in [2.45, 2.75) is 6.54 Å². The smallest absolute Gasteiger partial charge is 0.219 e. The highest BCUT2D eigenvalue weighted by atomic mass is 35.5. The molecular weight excluding hydrogens is 414 g/mol. The number of benzene rings is 2. The Hall–Kier alpha value is -4.04. The van der Waals surface area contributed by atoms with Gasteiger partial charge in [-0.15, -0.1) is 0 Å². The summed E-state index contributed by atoms with van der Waals surface area (Å²) < 4.78 is 5.72. The molecule has 0 aliphatic carbocycles. The Labute approximate surface area is 182 Å². The van der Waals surface area contributed by atoms with Crippen molar-refractivity contribution in [3.05, 3.63) is 83.6 Å². The van der Waals surface area contributed by atoms with Gasteiger partial charge < -0.3 is 20.4 Å². The van der Waals surface area contributed by atoms with Crippen LogP contribution in [0, 0.1) is 0 Å². The number of hydrogen-bond acceptors (Lipinski definition) is 6. The number of fused-ring (bicyclic) bond motifs is 1. The Bertz CT molecular complexity index is 1280. The molecule has 0 saturated carbocycles. The van der Waals surface area contributed by atoms with Crippen molar-refractivity contribution in [1.82, 2.24) is 25.1 Å². The van der Waals surface area contributed by atoms with Gasteiger partial charge >= 0.3 is 0 Å². The van der Waals surface area contributed by atoms with Crippen LogP contribution in [0.4, 0.5) is 17.5 Å². The molecule has 9 heteroatoms. The lowest BCUT2D eigenvalue weighted by molar-refractivity contribution is 0.463. The van der Waals surface area contributed by atoms with Gasteiger partial charge in [-0.1, -0.05) is 23.7 Å². The number of anilines is 3. The Morgan fingerprint density at radius 2 is 1.90 bits per heavy atom. The Morgan fingerprint density at radius 1 is 1.00 bits per heavy atom. The molecule has 0 aliphatic rings. The third-order valence-electron chi connectivity index (χ3n) is 4.56. The van der Waals surface area contributed by atoms with E-state index in [2.05, 4.69) is 35.8 Å². The minimum Gasteiger partial charge on any atom is -0.439 e. The van der Waals surface area contributed by atoms with Gasteiger partial charge in [0.25, 0.3) is 0 Å². The number of halogens is 1. The fourth-order valence-corrected chi connectivity index (χ4v) is 3.17. The van der Waals surface area contributed by atoms with Crippen LogP contribution in [0.25, 0.3) is 11.0 Å². The zero-order valence-electron chi connectivity index (χ0n) is 16.3. The number of pyridine rings is 1. The number of H-pyrrole nitrogens is 2. The van der Waals surface area contributed by atoms with Crippen molar-refractivity contribution >= 4 is 40.1 Å². The molecule has 0 radical (unpaired) electrons. The van der Waals surface area contributed by atoms with Crippen molar-refractivity contribution in [3.8, 4) is 11.6 Å². The van der Waals surface area contributed by atoms with Gasteiger partial charge in [-0.05, 0) is 42.0 Å². The molecule has 0 amide bonds. The molecule has 0 atom stereocenters. The summed E-state index contributed by atoms with van der Waals surface area (Å²) in [6, 6.07) is 19.1. The fourth-order valence-electron chi connectivity index (χ4n) is 3.05. The zero-order chi connectivity index (χ0) is 21.0. The molecule has 2 aromatic carbocycles. The monoisotopic (exact) mass is 431 g/mol. The number of ether oxygens (including phenoxy) is 1. The quantitative estimate of drug-likeness (QED) is 0.272. The lowest BCUT2D eigenvalue weighted by Crippen LogP contribution is -2.00. The third-order valence-corrected chi connectivity index (χ3v) is 4.78. The van der Waals surface area contributed by atoms with E-state index in [9.17, 15) is 0 Å². The number of aromatic nitrogens is 5. The number of nitrogens with zero attached hydrogens (tertiary/aromatic N) is 3. The van der Waals surface area contributed by atoms with Crippen molar-refractivity contribution in [3.63, 3.8) is 0 Å². The molecule has 8 nitrogen and oxygen atoms in total. The second-order valence-corrected chi connectivity index (χ2v) is 7.25. The van der Waals surface area contributed by atoms with Gasteiger partial charge in [0, 0.05) is 36.8 Å². The number of imidazole rings is 1. The summed E-state index contributed by atoms with van der Waals surface area (Å²) in [4.78, 5) is 12.0. The third kappa shape index (κ3) is 4.59. The van der Waals surface area contributed by atoms with Gasteiger partial charge in [0.1, 0.15) is 5.75 Å². The summed E-state index contributed by atoms with van der Waals surface area (Å²) >= 11 is 5.84. The van der Waals surface area contributed by atoms with Crippen molar-refractivity contribution in [2.24, 2.45) is 0 Å². The summed E-state index contributed by atoms with van der Waals surface area (Å²) in [5.74, 6) is 2.67. The van der Waals surface area contributed by atoms with Gasteiger partial charge in [-0.2, -0.15) is 5.10 Å². The molecule has 0 unspecified atom stereocenters. The van der Waals surface area contributed by atoms with Crippen LogP contribution in [-0.4, -0.2) is 25.1 Å². The summed E-state index contributed by atoms with van der Waals surface area (Å²) in [7, 11) is 0. The summed E-state index contributed by atoms with van der Waals surface area (Å²) in [5.41, 5.74) is 3.84. The Kier molecular flexibility index (Phi) is 5.12. The Balaban J connectivity index is 1.21. The summed E-state index contributed by atoms with van der Waals surface area (Å²) in [5, 5.41) is 14.0. The average Bonchev–Trinajstić information content (AvgIpc) is 3.44. The van der Waals surface area contributed by atoms with Crippen LogP contribution >= 0.6 is 11.6 Å². The molecule has 0 spiro atoms. The zero-order valence-corrected chi connectivity index (χ0v) is 17.0. The first-order valence-electron chi connectivity index (χ1n) is 9.60. The Morgan fingerprint density at radius 3 is 2.68 bits per heavy atom. The first-order chi connectivity index (χ1) is 15.2. The standard InChI is InChI=1S/C22H18ClN7O/c23-15-3-8-21(24-13-15)31-17-5-1-14(2-6-17)12-25-22-28-18-7-4-16(11-19(18)29-22)27-20-9-10-26-30-20/h1-11,13H,12H2,(H2,25,28,29)(H2,26,27,30). The number of rotatable bonds is 7. The molecule has 0 aliphatic heterocycles. The van der Waals surface area contributed by atoms with E-state index in [4.69, 9.17) is 16.3 Å². The van der Waals surface area contributed by atoms with E-state index < -0.39 is 0 Å². The molecule has 5 rings (SSSR count). The first-order valence-corrected chi connectivity index (χ1v) is 9.98. The minimum absolute atomic E-state index is 0.499. The largest absolute Gasteiger partial charge is 0.439 e. The molecule has 3 aromatic heterocycles. The van der Waals surface area contributed by atoms with E-state index >= 15 is 0 Å². The van der Waals surface area contributed by atoms with Gasteiger partial charge in [0.05, 0.1) is 16.1 Å². The topological polar surface area (TPSA) is 104 Å².